The fourth-order valence-corrected chi connectivity index (χ4v) is 2.05. The quantitative estimate of drug-likeness (QED) is 0.890. The van der Waals surface area contributed by atoms with Crippen molar-refractivity contribution in [3.05, 3.63) is 35.4 Å². The molecule has 0 radical (unpaired) electrons. The van der Waals surface area contributed by atoms with Crippen molar-refractivity contribution < 1.29 is 13.6 Å². The van der Waals surface area contributed by atoms with Crippen LogP contribution in [0.15, 0.2) is 18.2 Å². The lowest BCUT2D eigenvalue weighted by atomic mass is 10.1. The molecule has 1 aliphatic rings. The highest BCUT2D eigenvalue weighted by atomic mass is 19.1. The molecule has 1 aromatic rings. The molecule has 0 heterocycles. The van der Waals surface area contributed by atoms with Crippen molar-refractivity contribution in [3.63, 3.8) is 0 Å². The predicted octanol–water partition coefficient (Wildman–Crippen LogP) is 1.78. The summed E-state index contributed by atoms with van der Waals surface area (Å²) in [5.41, 5.74) is 5.39. The summed E-state index contributed by atoms with van der Waals surface area (Å²) in [5, 5.41) is 0. The molecule has 2 N–H and O–H groups in total. The Kier molecular flexibility index (Phi) is 3.34. The highest BCUT2D eigenvalue weighted by Crippen LogP contribution is 2.45. The Morgan fingerprint density at radius 2 is 2.11 bits per heavy atom. The Bertz CT molecular complexity index is 472. The van der Waals surface area contributed by atoms with E-state index in [2.05, 4.69) is 0 Å². The first kappa shape index (κ1) is 13.0. The van der Waals surface area contributed by atoms with E-state index in [1.54, 1.807) is 7.05 Å². The monoisotopic (exact) mass is 254 g/mol. The van der Waals surface area contributed by atoms with Gasteiger partial charge in [0, 0.05) is 19.0 Å². The van der Waals surface area contributed by atoms with Crippen LogP contribution in [0.4, 0.5) is 8.78 Å². The highest BCUT2D eigenvalue weighted by molar-refractivity contribution is 5.94. The maximum atomic E-state index is 13.5. The van der Waals surface area contributed by atoms with Gasteiger partial charge < -0.3 is 10.6 Å². The Hall–Kier alpha value is -1.49. The van der Waals surface area contributed by atoms with Crippen LogP contribution in [0, 0.1) is 17.0 Å². The Balaban J connectivity index is 2.13. The van der Waals surface area contributed by atoms with Crippen LogP contribution in [0.2, 0.25) is 0 Å². The van der Waals surface area contributed by atoms with E-state index in [0.717, 1.165) is 31.0 Å². The Labute approximate surface area is 105 Å². The second-order valence-electron chi connectivity index (χ2n) is 4.99. The number of halogens is 2. The van der Waals surface area contributed by atoms with Crippen LogP contribution < -0.4 is 5.73 Å². The van der Waals surface area contributed by atoms with Crippen LogP contribution in [-0.4, -0.2) is 30.9 Å². The molecular weight excluding hydrogens is 238 g/mol. The molecule has 1 fully saturated rings. The molecule has 2 rings (SSSR count). The molecule has 1 amide bonds. The largest absolute Gasteiger partial charge is 0.341 e. The highest BCUT2D eigenvalue weighted by Gasteiger charge is 2.42. The van der Waals surface area contributed by atoms with Gasteiger partial charge in [-0.2, -0.15) is 0 Å². The minimum Gasteiger partial charge on any atom is -0.341 e. The van der Waals surface area contributed by atoms with E-state index in [1.807, 2.05) is 0 Å². The second-order valence-corrected chi connectivity index (χ2v) is 4.99. The van der Waals surface area contributed by atoms with E-state index in [1.165, 1.54) is 4.90 Å². The van der Waals surface area contributed by atoms with Crippen molar-refractivity contribution in [2.45, 2.75) is 12.8 Å². The summed E-state index contributed by atoms with van der Waals surface area (Å²) in [4.78, 5) is 13.4. The topological polar surface area (TPSA) is 46.3 Å². The zero-order chi connectivity index (χ0) is 13.3. The Morgan fingerprint density at radius 1 is 1.44 bits per heavy atom. The van der Waals surface area contributed by atoms with Gasteiger partial charge in [-0.3, -0.25) is 4.79 Å². The summed E-state index contributed by atoms with van der Waals surface area (Å²) in [6, 6.07) is 2.89. The lowest BCUT2D eigenvalue weighted by Crippen LogP contribution is -2.36. The van der Waals surface area contributed by atoms with Crippen LogP contribution in [0.5, 0.6) is 0 Å². The van der Waals surface area contributed by atoms with Gasteiger partial charge in [0.15, 0.2) is 0 Å². The van der Waals surface area contributed by atoms with E-state index in [4.69, 9.17) is 5.73 Å². The molecule has 5 heteroatoms. The van der Waals surface area contributed by atoms with Gasteiger partial charge in [0.25, 0.3) is 5.91 Å². The van der Waals surface area contributed by atoms with Crippen LogP contribution in [0.3, 0.4) is 0 Å². The molecule has 18 heavy (non-hydrogen) atoms. The smallest absolute Gasteiger partial charge is 0.256 e. The van der Waals surface area contributed by atoms with Crippen molar-refractivity contribution >= 4 is 5.91 Å². The number of hydrogen-bond acceptors (Lipinski definition) is 2. The van der Waals surface area contributed by atoms with Gasteiger partial charge in [-0.25, -0.2) is 8.78 Å². The third kappa shape index (κ3) is 2.51. The summed E-state index contributed by atoms with van der Waals surface area (Å²) in [5.74, 6) is -1.83. The SMILES string of the molecule is CN(CC1(CN)CC1)C(=O)c1cc(F)ccc1F. The van der Waals surface area contributed by atoms with E-state index in [-0.39, 0.29) is 11.0 Å². The van der Waals surface area contributed by atoms with Crippen molar-refractivity contribution in [2.24, 2.45) is 11.1 Å². The third-order valence-corrected chi connectivity index (χ3v) is 3.47. The number of carbonyl (C=O) groups is 1. The van der Waals surface area contributed by atoms with E-state index < -0.39 is 17.5 Å². The normalized spacial score (nSPS) is 16.4. The maximum Gasteiger partial charge on any atom is 0.256 e. The van der Waals surface area contributed by atoms with E-state index in [0.29, 0.717) is 13.1 Å². The summed E-state index contributed by atoms with van der Waals surface area (Å²) < 4.78 is 26.5. The molecule has 0 aliphatic heterocycles. The van der Waals surface area contributed by atoms with Crippen LogP contribution in [0.1, 0.15) is 23.2 Å². The molecule has 1 saturated carbocycles. The number of rotatable bonds is 4. The van der Waals surface area contributed by atoms with Crippen LogP contribution in [-0.2, 0) is 0 Å². The molecule has 0 bridgehead atoms. The average molecular weight is 254 g/mol. The van der Waals surface area contributed by atoms with Gasteiger partial charge >= 0.3 is 0 Å². The molecule has 0 saturated heterocycles. The van der Waals surface area contributed by atoms with Gasteiger partial charge in [0.2, 0.25) is 0 Å². The van der Waals surface area contributed by atoms with Crippen LogP contribution >= 0.6 is 0 Å². The number of hydrogen-bond donors (Lipinski definition) is 1. The number of nitrogens with zero attached hydrogens (tertiary/aromatic N) is 1. The molecule has 1 aromatic carbocycles. The summed E-state index contributed by atoms with van der Waals surface area (Å²) >= 11 is 0. The molecular formula is C13H16F2N2O. The summed E-state index contributed by atoms with van der Waals surface area (Å²) in [6.45, 7) is 0.995. The lowest BCUT2D eigenvalue weighted by molar-refractivity contribution is 0.0761. The predicted molar refractivity (Wildman–Crippen MR) is 64.0 cm³/mol. The third-order valence-electron chi connectivity index (χ3n) is 3.47. The number of amides is 1. The first-order chi connectivity index (χ1) is 8.47. The molecule has 0 aromatic heterocycles. The second kappa shape index (κ2) is 4.65. The van der Waals surface area contributed by atoms with Crippen molar-refractivity contribution in [1.82, 2.24) is 4.90 Å². The lowest BCUT2D eigenvalue weighted by Gasteiger charge is -2.23. The molecule has 0 spiro atoms. The van der Waals surface area contributed by atoms with Gasteiger partial charge in [-0.05, 0) is 37.6 Å². The van der Waals surface area contributed by atoms with Crippen LogP contribution in [0.25, 0.3) is 0 Å². The molecule has 1 aliphatic carbocycles. The van der Waals surface area contributed by atoms with E-state index >= 15 is 0 Å². The number of nitrogens with two attached hydrogens (primary N) is 1. The maximum absolute atomic E-state index is 13.5. The van der Waals surface area contributed by atoms with E-state index in [9.17, 15) is 13.6 Å². The molecule has 3 nitrogen and oxygen atoms in total. The summed E-state index contributed by atoms with van der Waals surface area (Å²) in [7, 11) is 1.59. The molecule has 0 atom stereocenters. The zero-order valence-electron chi connectivity index (χ0n) is 10.2. The first-order valence-corrected chi connectivity index (χ1v) is 5.88. The van der Waals surface area contributed by atoms with Crippen molar-refractivity contribution in [3.8, 4) is 0 Å². The molecule has 98 valence electrons. The molecule has 0 unspecified atom stereocenters. The van der Waals surface area contributed by atoms with Gasteiger partial charge in [0.05, 0.1) is 5.56 Å². The average Bonchev–Trinajstić information content (AvgIpc) is 3.11. The van der Waals surface area contributed by atoms with Gasteiger partial charge in [-0.1, -0.05) is 0 Å². The van der Waals surface area contributed by atoms with Gasteiger partial charge in [-0.15, -0.1) is 0 Å². The standard InChI is InChI=1S/C13H16F2N2O/c1-17(8-13(7-16)4-5-13)12(18)10-6-9(14)2-3-11(10)15/h2-3,6H,4-5,7-8,16H2,1H3. The first-order valence-electron chi connectivity index (χ1n) is 5.88. The summed E-state index contributed by atoms with van der Waals surface area (Å²) in [6.07, 6.45) is 1.96. The Morgan fingerprint density at radius 3 is 2.67 bits per heavy atom. The fourth-order valence-electron chi connectivity index (χ4n) is 2.05. The fraction of sp³-hybridized carbons (Fsp3) is 0.462. The van der Waals surface area contributed by atoms with Crippen molar-refractivity contribution in [1.29, 1.82) is 0 Å². The minimum absolute atomic E-state index is 0.0196. The van der Waals surface area contributed by atoms with Gasteiger partial charge in [0.1, 0.15) is 11.6 Å². The number of benzene rings is 1. The van der Waals surface area contributed by atoms with Crippen molar-refractivity contribution in [2.75, 3.05) is 20.1 Å². The number of carbonyl (C=O) groups excluding carboxylic acids is 1. The zero-order valence-corrected chi connectivity index (χ0v) is 10.2. The minimum atomic E-state index is -0.703.